The van der Waals surface area contributed by atoms with Gasteiger partial charge in [0.15, 0.2) is 24.6 Å². The molecule has 0 amide bonds. The molecular weight excluding hydrogens is 370 g/mol. The summed E-state index contributed by atoms with van der Waals surface area (Å²) < 4.78 is 28.0. The van der Waals surface area contributed by atoms with E-state index in [9.17, 15) is 14.4 Å². The zero-order chi connectivity index (χ0) is 21.5. The van der Waals surface area contributed by atoms with Gasteiger partial charge in [0.1, 0.15) is 13.1 Å². The minimum Gasteiger partial charge on any atom is -0.456 e. The molecular formula is C19H30NO8+. The van der Waals surface area contributed by atoms with Gasteiger partial charge >= 0.3 is 17.9 Å². The van der Waals surface area contributed by atoms with Crippen LogP contribution in [-0.2, 0) is 38.1 Å². The molecule has 0 spiro atoms. The zero-order valence-corrected chi connectivity index (χ0v) is 17.3. The average Bonchev–Trinajstić information content (AvgIpc) is 2.53. The zero-order valence-electron chi connectivity index (χ0n) is 17.3. The van der Waals surface area contributed by atoms with Crippen molar-refractivity contribution in [2.45, 2.75) is 58.4 Å². The van der Waals surface area contributed by atoms with E-state index in [4.69, 9.17) is 30.1 Å². The van der Waals surface area contributed by atoms with Gasteiger partial charge in [0.05, 0.1) is 26.8 Å². The van der Waals surface area contributed by atoms with E-state index in [-0.39, 0.29) is 6.61 Å². The molecule has 9 heteroatoms. The summed E-state index contributed by atoms with van der Waals surface area (Å²) in [6.45, 7) is 6.67. The van der Waals surface area contributed by atoms with Gasteiger partial charge in [0.2, 0.25) is 0 Å². The van der Waals surface area contributed by atoms with Crippen molar-refractivity contribution in [3.63, 3.8) is 0 Å². The SMILES string of the molecule is C#CC[N+](C)(C)CCOC1O[C@@H](C)[C@@H](OC(C)=O)[C@@H](OC(C)=O)[C@@H]1OC(C)=O. The highest BCUT2D eigenvalue weighted by Gasteiger charge is 2.51. The molecule has 158 valence electrons. The third kappa shape index (κ3) is 7.46. The summed E-state index contributed by atoms with van der Waals surface area (Å²) in [5.41, 5.74) is 0. The van der Waals surface area contributed by atoms with Crippen LogP contribution in [0.3, 0.4) is 0 Å². The molecule has 0 aromatic carbocycles. The third-order valence-electron chi connectivity index (χ3n) is 4.13. The number of terminal acetylenes is 1. The van der Waals surface area contributed by atoms with Crippen LogP contribution in [-0.4, -0.2) is 86.9 Å². The number of likely N-dealkylation sites (N-methyl/N-ethyl adjacent to an activating group) is 1. The fourth-order valence-corrected chi connectivity index (χ4v) is 2.85. The Labute approximate surface area is 165 Å². The predicted molar refractivity (Wildman–Crippen MR) is 97.6 cm³/mol. The van der Waals surface area contributed by atoms with E-state index in [1.807, 2.05) is 14.1 Å². The molecule has 5 atom stereocenters. The number of nitrogens with zero attached hydrogens (tertiary/aromatic N) is 1. The van der Waals surface area contributed by atoms with Crippen LogP contribution < -0.4 is 0 Å². The maximum atomic E-state index is 11.6. The first-order chi connectivity index (χ1) is 13.0. The lowest BCUT2D eigenvalue weighted by molar-refractivity contribution is -0.883. The quantitative estimate of drug-likeness (QED) is 0.248. The Morgan fingerprint density at radius 2 is 1.46 bits per heavy atom. The second-order valence-corrected chi connectivity index (χ2v) is 7.32. The highest BCUT2D eigenvalue weighted by atomic mass is 16.7. The molecule has 1 aliphatic rings. The number of quaternary nitrogens is 1. The second kappa shape index (κ2) is 10.4. The summed E-state index contributed by atoms with van der Waals surface area (Å²) in [7, 11) is 3.91. The van der Waals surface area contributed by atoms with E-state index in [1.165, 1.54) is 20.8 Å². The second-order valence-electron chi connectivity index (χ2n) is 7.32. The molecule has 9 nitrogen and oxygen atoms in total. The number of carbonyl (C=O) groups is 3. The van der Waals surface area contributed by atoms with E-state index in [0.29, 0.717) is 17.6 Å². The van der Waals surface area contributed by atoms with Crippen LogP contribution in [0.25, 0.3) is 0 Å². The van der Waals surface area contributed by atoms with Crippen LogP contribution in [0.2, 0.25) is 0 Å². The summed E-state index contributed by atoms with van der Waals surface area (Å²) in [6.07, 6.45) is 0.611. The number of rotatable bonds is 8. The van der Waals surface area contributed by atoms with E-state index in [0.717, 1.165) is 0 Å². The molecule has 0 aromatic heterocycles. The Morgan fingerprint density at radius 3 is 1.96 bits per heavy atom. The minimum atomic E-state index is -1.09. The normalized spacial score (nSPS) is 27.4. The molecule has 0 aliphatic carbocycles. The van der Waals surface area contributed by atoms with Crippen molar-refractivity contribution in [3.8, 4) is 12.3 Å². The van der Waals surface area contributed by atoms with Crippen LogP contribution in [0, 0.1) is 12.3 Å². The predicted octanol–water partition coefficient (Wildman–Crippen LogP) is 0.253. The monoisotopic (exact) mass is 400 g/mol. The van der Waals surface area contributed by atoms with Crippen LogP contribution in [0.15, 0.2) is 0 Å². The summed E-state index contributed by atoms with van der Waals surface area (Å²) >= 11 is 0. The van der Waals surface area contributed by atoms with Gasteiger partial charge in [-0.25, -0.2) is 0 Å². The van der Waals surface area contributed by atoms with E-state index in [1.54, 1.807) is 6.92 Å². The molecule has 0 bridgehead atoms. The third-order valence-corrected chi connectivity index (χ3v) is 4.13. The molecule has 1 heterocycles. The molecule has 28 heavy (non-hydrogen) atoms. The average molecular weight is 400 g/mol. The fraction of sp³-hybridized carbons (Fsp3) is 0.737. The largest absolute Gasteiger partial charge is 0.456 e. The van der Waals surface area contributed by atoms with Crippen molar-refractivity contribution in [2.24, 2.45) is 0 Å². The maximum absolute atomic E-state index is 11.6. The van der Waals surface area contributed by atoms with Gasteiger partial charge in [-0.2, -0.15) is 0 Å². The van der Waals surface area contributed by atoms with Crippen molar-refractivity contribution >= 4 is 17.9 Å². The van der Waals surface area contributed by atoms with E-state index < -0.39 is 48.6 Å². The number of hydrogen-bond acceptors (Lipinski definition) is 8. The lowest BCUT2D eigenvalue weighted by Crippen LogP contribution is -2.61. The Balaban J connectivity index is 3.01. The highest BCUT2D eigenvalue weighted by molar-refractivity contribution is 5.68. The smallest absolute Gasteiger partial charge is 0.303 e. The molecule has 0 N–H and O–H groups in total. The number of ether oxygens (including phenoxy) is 5. The Kier molecular flexibility index (Phi) is 8.88. The van der Waals surface area contributed by atoms with Crippen molar-refractivity contribution < 1.29 is 42.6 Å². The van der Waals surface area contributed by atoms with Crippen LogP contribution in [0.5, 0.6) is 0 Å². The number of hydrogen-bond donors (Lipinski definition) is 0. The van der Waals surface area contributed by atoms with Crippen LogP contribution >= 0.6 is 0 Å². The molecule has 1 fully saturated rings. The lowest BCUT2D eigenvalue weighted by Gasteiger charge is -2.43. The fourth-order valence-electron chi connectivity index (χ4n) is 2.85. The number of esters is 3. The molecule has 0 aromatic rings. The Hall–Kier alpha value is -2.15. The summed E-state index contributed by atoms with van der Waals surface area (Å²) in [5, 5.41) is 0. The molecule has 1 aliphatic heterocycles. The van der Waals surface area contributed by atoms with Crippen molar-refractivity contribution in [1.29, 1.82) is 0 Å². The lowest BCUT2D eigenvalue weighted by atomic mass is 9.99. The standard InChI is InChI=1S/C19H30NO8/c1-8-9-20(6,7)10-11-24-19-18(28-15(5)23)17(27-14(4)22)16(12(2)25-19)26-13(3)21/h1,12,16-19H,9-11H2,2-7H3/q+1/t12-,16+,17+,18-,19?/m0/s1. The molecule has 1 rings (SSSR count). The van der Waals surface area contributed by atoms with Crippen molar-refractivity contribution in [2.75, 3.05) is 33.8 Å². The molecule has 0 saturated carbocycles. The number of carbonyl (C=O) groups excluding carboxylic acids is 3. The highest BCUT2D eigenvalue weighted by Crippen LogP contribution is 2.29. The minimum absolute atomic E-state index is 0.259. The van der Waals surface area contributed by atoms with Crippen LogP contribution in [0.1, 0.15) is 27.7 Å². The van der Waals surface area contributed by atoms with E-state index >= 15 is 0 Å². The maximum Gasteiger partial charge on any atom is 0.303 e. The topological polar surface area (TPSA) is 97.4 Å². The Morgan fingerprint density at radius 1 is 0.964 bits per heavy atom. The first-order valence-electron chi connectivity index (χ1n) is 9.01. The molecule has 1 unspecified atom stereocenters. The first kappa shape index (κ1) is 23.9. The van der Waals surface area contributed by atoms with Crippen molar-refractivity contribution in [1.82, 2.24) is 0 Å². The van der Waals surface area contributed by atoms with Gasteiger partial charge < -0.3 is 28.2 Å². The van der Waals surface area contributed by atoms with Crippen LogP contribution in [0.4, 0.5) is 0 Å². The van der Waals surface area contributed by atoms with Gasteiger partial charge in [-0.05, 0) is 12.8 Å². The molecule has 0 radical (unpaired) electrons. The van der Waals surface area contributed by atoms with Gasteiger partial charge in [0, 0.05) is 20.8 Å². The van der Waals surface area contributed by atoms with Gasteiger partial charge in [-0.1, -0.05) is 0 Å². The van der Waals surface area contributed by atoms with Crippen molar-refractivity contribution in [3.05, 3.63) is 0 Å². The van der Waals surface area contributed by atoms with Gasteiger partial charge in [-0.15, -0.1) is 6.42 Å². The summed E-state index contributed by atoms with van der Waals surface area (Å²) in [5.74, 6) is 0.800. The molecule has 1 saturated heterocycles. The Bertz CT molecular complexity index is 612. The summed E-state index contributed by atoms with van der Waals surface area (Å²) in [4.78, 5) is 34.7. The first-order valence-corrected chi connectivity index (χ1v) is 9.01. The summed E-state index contributed by atoms with van der Waals surface area (Å²) in [6, 6.07) is 0. The van der Waals surface area contributed by atoms with Gasteiger partial charge in [-0.3, -0.25) is 14.4 Å². The van der Waals surface area contributed by atoms with E-state index in [2.05, 4.69) is 5.92 Å². The van der Waals surface area contributed by atoms with Gasteiger partial charge in [0.25, 0.3) is 0 Å².